The third-order valence-corrected chi connectivity index (χ3v) is 4.54. The lowest BCUT2D eigenvalue weighted by molar-refractivity contribution is -0.119. The summed E-state index contributed by atoms with van der Waals surface area (Å²) in [5.74, 6) is 0.360. The van der Waals surface area contributed by atoms with Crippen LogP contribution < -0.4 is 10.6 Å². The summed E-state index contributed by atoms with van der Waals surface area (Å²) in [7, 11) is 0. The molecular formula is C20H23N5OS. The molecule has 0 radical (unpaired) electrons. The highest BCUT2D eigenvalue weighted by Crippen LogP contribution is 2.23. The van der Waals surface area contributed by atoms with Crippen molar-refractivity contribution < 1.29 is 4.79 Å². The van der Waals surface area contributed by atoms with Crippen LogP contribution in [0.5, 0.6) is 0 Å². The summed E-state index contributed by atoms with van der Waals surface area (Å²) in [6.07, 6.45) is 0.379. The van der Waals surface area contributed by atoms with Crippen molar-refractivity contribution in [1.29, 1.82) is 0 Å². The first-order chi connectivity index (χ1) is 12.9. The fourth-order valence-electron chi connectivity index (χ4n) is 2.68. The quantitative estimate of drug-likeness (QED) is 0.667. The minimum absolute atomic E-state index is 0.123. The number of carbonyl (C=O) groups excluding carboxylic acids is 1. The van der Waals surface area contributed by atoms with Gasteiger partial charge in [0.15, 0.2) is 5.11 Å². The number of thiocarbonyl (C=S) groups is 1. The van der Waals surface area contributed by atoms with Gasteiger partial charge in [-0.15, -0.1) is 10.2 Å². The summed E-state index contributed by atoms with van der Waals surface area (Å²) < 4.78 is 0. The summed E-state index contributed by atoms with van der Waals surface area (Å²) in [6.45, 7) is 8.07. The predicted octanol–water partition coefficient (Wildman–Crippen LogP) is 4.08. The topological polar surface area (TPSA) is 71.8 Å². The normalized spacial score (nSPS) is 11.0. The Morgan fingerprint density at radius 1 is 1.15 bits per heavy atom. The van der Waals surface area contributed by atoms with Gasteiger partial charge in [0.05, 0.1) is 5.69 Å². The predicted molar refractivity (Wildman–Crippen MR) is 112 cm³/mol. The first kappa shape index (κ1) is 19.0. The summed E-state index contributed by atoms with van der Waals surface area (Å²) in [6, 6.07) is 12.1. The van der Waals surface area contributed by atoms with Gasteiger partial charge in [0.2, 0.25) is 5.91 Å². The van der Waals surface area contributed by atoms with Crippen molar-refractivity contribution in [2.75, 3.05) is 5.32 Å². The molecule has 0 saturated heterocycles. The maximum Gasteiger partial charge on any atom is 0.225 e. The number of benzene rings is 2. The lowest BCUT2D eigenvalue weighted by atomic mass is 10.0. The third kappa shape index (κ3) is 4.31. The Hall–Kier alpha value is -2.80. The zero-order valence-electron chi connectivity index (χ0n) is 15.9. The number of carbonyl (C=O) groups is 1. The average Bonchev–Trinajstić information content (AvgIpc) is 3.04. The monoisotopic (exact) mass is 381 g/mol. The Bertz CT molecular complexity index is 992. The van der Waals surface area contributed by atoms with Gasteiger partial charge in [0.1, 0.15) is 11.0 Å². The lowest BCUT2D eigenvalue weighted by Gasteiger charge is -2.10. The Labute approximate surface area is 164 Å². The fourth-order valence-corrected chi connectivity index (χ4v) is 2.90. The van der Waals surface area contributed by atoms with Gasteiger partial charge in [0, 0.05) is 12.1 Å². The van der Waals surface area contributed by atoms with Crippen LogP contribution in [0.25, 0.3) is 16.7 Å². The Morgan fingerprint density at radius 2 is 1.78 bits per heavy atom. The number of anilines is 1. The van der Waals surface area contributed by atoms with Crippen molar-refractivity contribution in [3.05, 3.63) is 47.5 Å². The van der Waals surface area contributed by atoms with Gasteiger partial charge in [-0.1, -0.05) is 32.9 Å². The SMILES string of the molecule is CCC(=O)NC(=S)Nc1cc2nn(-c3ccc(C(C)C)cc3)nc2cc1C. The molecule has 0 bridgehead atoms. The standard InChI is InChI=1S/C20H23N5OS/c1-5-19(26)22-20(27)21-16-11-18-17(10-13(16)4)23-25(24-18)15-8-6-14(7-9-15)12(2)3/h6-12H,5H2,1-4H3,(H2,21,22,26,27). The van der Waals surface area contributed by atoms with E-state index in [9.17, 15) is 4.79 Å². The van der Waals surface area contributed by atoms with Crippen LogP contribution in [0.4, 0.5) is 5.69 Å². The molecule has 3 aromatic rings. The van der Waals surface area contributed by atoms with E-state index in [1.165, 1.54) is 5.56 Å². The molecule has 2 N–H and O–H groups in total. The van der Waals surface area contributed by atoms with Crippen molar-refractivity contribution in [1.82, 2.24) is 20.3 Å². The van der Waals surface area contributed by atoms with E-state index in [1.54, 1.807) is 11.7 Å². The number of amides is 1. The molecule has 0 aliphatic heterocycles. The number of rotatable bonds is 4. The van der Waals surface area contributed by atoms with E-state index >= 15 is 0 Å². The highest BCUT2D eigenvalue weighted by Gasteiger charge is 2.10. The van der Waals surface area contributed by atoms with Crippen molar-refractivity contribution in [2.45, 2.75) is 40.0 Å². The first-order valence-corrected chi connectivity index (χ1v) is 9.37. The van der Waals surface area contributed by atoms with Crippen LogP contribution in [0.3, 0.4) is 0 Å². The Balaban J connectivity index is 1.87. The van der Waals surface area contributed by atoms with Crippen LogP contribution in [0.15, 0.2) is 36.4 Å². The molecule has 0 saturated carbocycles. The van der Waals surface area contributed by atoms with Crippen molar-refractivity contribution >= 4 is 40.0 Å². The van der Waals surface area contributed by atoms with Gasteiger partial charge in [0.25, 0.3) is 0 Å². The minimum atomic E-state index is -0.123. The smallest absolute Gasteiger partial charge is 0.225 e. The zero-order chi connectivity index (χ0) is 19.6. The Kier molecular flexibility index (Phi) is 5.51. The molecule has 27 heavy (non-hydrogen) atoms. The molecule has 0 atom stereocenters. The number of hydrogen-bond acceptors (Lipinski definition) is 4. The highest BCUT2D eigenvalue weighted by molar-refractivity contribution is 7.80. The van der Waals surface area contributed by atoms with Gasteiger partial charge >= 0.3 is 0 Å². The summed E-state index contributed by atoms with van der Waals surface area (Å²) in [4.78, 5) is 13.1. The van der Waals surface area contributed by atoms with Gasteiger partial charge in [-0.3, -0.25) is 4.79 Å². The van der Waals surface area contributed by atoms with Crippen LogP contribution in [0, 0.1) is 6.92 Å². The van der Waals surface area contributed by atoms with Gasteiger partial charge in [-0.25, -0.2) is 0 Å². The summed E-state index contributed by atoms with van der Waals surface area (Å²) in [5.41, 5.74) is 5.51. The molecule has 0 aliphatic carbocycles. The molecule has 2 aromatic carbocycles. The van der Waals surface area contributed by atoms with Crippen LogP contribution in [0.2, 0.25) is 0 Å². The molecular weight excluding hydrogens is 358 g/mol. The summed E-state index contributed by atoms with van der Waals surface area (Å²) in [5, 5.41) is 15.1. The molecule has 1 heterocycles. The number of nitrogens with one attached hydrogen (secondary N) is 2. The van der Waals surface area contributed by atoms with Crippen molar-refractivity contribution in [2.24, 2.45) is 0 Å². The molecule has 0 fully saturated rings. The second kappa shape index (κ2) is 7.84. The number of nitrogens with zero attached hydrogens (tertiary/aromatic N) is 3. The van der Waals surface area contributed by atoms with Crippen molar-refractivity contribution in [3.63, 3.8) is 0 Å². The maximum absolute atomic E-state index is 11.5. The lowest BCUT2D eigenvalue weighted by Crippen LogP contribution is -2.33. The van der Waals surface area contributed by atoms with Gasteiger partial charge < -0.3 is 10.6 Å². The van der Waals surface area contributed by atoms with E-state index in [0.717, 1.165) is 28.0 Å². The maximum atomic E-state index is 11.5. The molecule has 140 valence electrons. The van der Waals surface area contributed by atoms with E-state index in [0.29, 0.717) is 12.3 Å². The summed E-state index contributed by atoms with van der Waals surface area (Å²) >= 11 is 5.19. The molecule has 1 amide bonds. The number of aromatic nitrogens is 3. The molecule has 3 rings (SSSR count). The first-order valence-electron chi connectivity index (χ1n) is 8.96. The van der Waals surface area contributed by atoms with Crippen LogP contribution in [0.1, 0.15) is 44.2 Å². The largest absolute Gasteiger partial charge is 0.332 e. The molecule has 6 nitrogen and oxygen atoms in total. The van der Waals surface area contributed by atoms with Crippen LogP contribution >= 0.6 is 12.2 Å². The Morgan fingerprint density at radius 3 is 2.37 bits per heavy atom. The van der Waals surface area contributed by atoms with Gasteiger partial charge in [-0.05, 0) is 60.5 Å². The molecule has 7 heteroatoms. The second-order valence-corrected chi connectivity index (χ2v) is 7.16. The van der Waals surface area contributed by atoms with Gasteiger partial charge in [-0.2, -0.15) is 4.80 Å². The van der Waals surface area contributed by atoms with E-state index in [4.69, 9.17) is 12.2 Å². The van der Waals surface area contributed by atoms with Crippen LogP contribution in [-0.4, -0.2) is 26.0 Å². The van der Waals surface area contributed by atoms with E-state index in [1.807, 2.05) is 31.2 Å². The number of aryl methyl sites for hydroxylation is 1. The van der Waals surface area contributed by atoms with E-state index < -0.39 is 0 Å². The molecule has 0 spiro atoms. The van der Waals surface area contributed by atoms with E-state index in [-0.39, 0.29) is 11.0 Å². The second-order valence-electron chi connectivity index (χ2n) is 6.75. The average molecular weight is 382 g/mol. The zero-order valence-corrected chi connectivity index (χ0v) is 16.7. The third-order valence-electron chi connectivity index (χ3n) is 4.34. The molecule has 0 aliphatic rings. The number of hydrogen-bond donors (Lipinski definition) is 2. The fraction of sp³-hybridized carbons (Fsp3) is 0.300. The molecule has 1 aromatic heterocycles. The van der Waals surface area contributed by atoms with E-state index in [2.05, 4.69) is 46.8 Å². The van der Waals surface area contributed by atoms with Crippen molar-refractivity contribution in [3.8, 4) is 5.69 Å². The highest BCUT2D eigenvalue weighted by atomic mass is 32.1. The number of fused-ring (bicyclic) bond motifs is 1. The molecule has 0 unspecified atom stereocenters. The minimum Gasteiger partial charge on any atom is -0.332 e. The van der Waals surface area contributed by atoms with Crippen LogP contribution in [-0.2, 0) is 4.79 Å².